The van der Waals surface area contributed by atoms with Gasteiger partial charge in [-0.1, -0.05) is 46.9 Å². The summed E-state index contributed by atoms with van der Waals surface area (Å²) in [4.78, 5) is 39.4. The minimum absolute atomic E-state index is 0.0272. The zero-order valence-corrected chi connectivity index (χ0v) is 20.3. The Morgan fingerprint density at radius 1 is 0.794 bits per heavy atom. The van der Waals surface area contributed by atoms with Crippen LogP contribution in [0.25, 0.3) is 0 Å². The quantitative estimate of drug-likeness (QED) is 0.392. The topological polar surface area (TPSA) is 78.5 Å². The maximum Gasteiger partial charge on any atom is 0.283 e. The van der Waals surface area contributed by atoms with Gasteiger partial charge in [0.25, 0.3) is 17.7 Å². The van der Waals surface area contributed by atoms with Crippen molar-refractivity contribution in [3.8, 4) is 0 Å². The number of hydrogen-bond acceptors (Lipinski definition) is 4. The molecule has 1 heterocycles. The molecule has 3 aromatic rings. The molecule has 3 aromatic carbocycles. The molecule has 9 heteroatoms. The van der Waals surface area contributed by atoms with E-state index < -0.39 is 11.8 Å². The first-order valence-corrected chi connectivity index (χ1v) is 11.3. The number of anilines is 3. The summed E-state index contributed by atoms with van der Waals surface area (Å²) in [6.45, 7) is 3.69. The van der Waals surface area contributed by atoms with E-state index in [9.17, 15) is 14.4 Å². The van der Waals surface area contributed by atoms with Crippen molar-refractivity contribution < 1.29 is 14.4 Å². The fraction of sp³-hybridized carbons (Fsp3) is 0.0800. The van der Waals surface area contributed by atoms with Gasteiger partial charge in [0.2, 0.25) is 0 Å². The van der Waals surface area contributed by atoms with E-state index in [0.29, 0.717) is 32.7 Å². The van der Waals surface area contributed by atoms with E-state index >= 15 is 0 Å². The number of aryl methyl sites for hydroxylation is 2. The lowest BCUT2D eigenvalue weighted by Crippen LogP contribution is -2.32. The van der Waals surface area contributed by atoms with Crippen molar-refractivity contribution in [3.63, 3.8) is 0 Å². The summed E-state index contributed by atoms with van der Waals surface area (Å²) in [5, 5.41) is 6.16. The summed E-state index contributed by atoms with van der Waals surface area (Å²) in [5.74, 6) is -1.50. The van der Waals surface area contributed by atoms with Gasteiger partial charge >= 0.3 is 0 Å². The van der Waals surface area contributed by atoms with Crippen molar-refractivity contribution in [2.24, 2.45) is 0 Å². The first-order chi connectivity index (χ1) is 16.2. The molecule has 3 amide bonds. The summed E-state index contributed by atoms with van der Waals surface area (Å²) in [7, 11) is 0. The molecule has 0 aliphatic carbocycles. The second-order valence-corrected chi connectivity index (χ2v) is 8.90. The van der Waals surface area contributed by atoms with Crippen LogP contribution in [0.4, 0.5) is 17.1 Å². The van der Waals surface area contributed by atoms with Crippen LogP contribution in [-0.4, -0.2) is 17.7 Å². The lowest BCUT2D eigenvalue weighted by Gasteiger charge is -2.18. The van der Waals surface area contributed by atoms with E-state index in [4.69, 9.17) is 34.8 Å². The van der Waals surface area contributed by atoms with Gasteiger partial charge in [-0.05, 0) is 73.5 Å². The summed E-state index contributed by atoms with van der Waals surface area (Å²) in [6, 6.07) is 16.7. The number of halogens is 3. The molecule has 0 bridgehead atoms. The molecule has 0 radical (unpaired) electrons. The Hall–Kier alpha value is -3.32. The van der Waals surface area contributed by atoms with Crippen molar-refractivity contribution in [2.75, 3.05) is 15.5 Å². The zero-order chi connectivity index (χ0) is 24.6. The number of nitrogens with zero attached hydrogens (tertiary/aromatic N) is 1. The van der Waals surface area contributed by atoms with Crippen LogP contribution in [0.3, 0.4) is 0 Å². The monoisotopic (exact) mass is 513 g/mol. The van der Waals surface area contributed by atoms with Crippen molar-refractivity contribution in [1.29, 1.82) is 0 Å². The average Bonchev–Trinajstić information content (AvgIpc) is 3.01. The van der Waals surface area contributed by atoms with Crippen LogP contribution in [0.5, 0.6) is 0 Å². The fourth-order valence-electron chi connectivity index (χ4n) is 3.42. The van der Waals surface area contributed by atoms with Crippen LogP contribution in [0.1, 0.15) is 21.5 Å². The number of hydrogen-bond donors (Lipinski definition) is 2. The van der Waals surface area contributed by atoms with Crippen LogP contribution in [-0.2, 0) is 9.59 Å². The molecular weight excluding hydrogens is 497 g/mol. The Morgan fingerprint density at radius 3 is 2.15 bits per heavy atom. The summed E-state index contributed by atoms with van der Waals surface area (Å²) in [5.41, 5.74) is 3.51. The molecule has 0 unspecified atom stereocenters. The second-order valence-electron chi connectivity index (χ2n) is 7.71. The Balaban J connectivity index is 1.50. The molecule has 1 aliphatic rings. The summed E-state index contributed by atoms with van der Waals surface area (Å²) >= 11 is 18.1. The van der Waals surface area contributed by atoms with Gasteiger partial charge in [-0.2, -0.15) is 0 Å². The largest absolute Gasteiger partial charge is 0.350 e. The van der Waals surface area contributed by atoms with Crippen molar-refractivity contribution in [1.82, 2.24) is 0 Å². The third-order valence-corrected chi connectivity index (χ3v) is 6.32. The van der Waals surface area contributed by atoms with Crippen LogP contribution in [0.15, 0.2) is 71.4 Å². The maximum atomic E-state index is 13.0. The highest BCUT2D eigenvalue weighted by atomic mass is 35.5. The molecule has 0 saturated heterocycles. The van der Waals surface area contributed by atoms with Gasteiger partial charge in [-0.3, -0.25) is 14.4 Å². The Labute approximate surface area is 211 Å². The normalized spacial score (nSPS) is 13.5. The number of rotatable bonds is 5. The Morgan fingerprint density at radius 2 is 1.47 bits per heavy atom. The average molecular weight is 515 g/mol. The fourth-order valence-corrected chi connectivity index (χ4v) is 3.93. The molecule has 34 heavy (non-hydrogen) atoms. The van der Waals surface area contributed by atoms with Crippen LogP contribution >= 0.6 is 34.8 Å². The molecule has 1 aliphatic heterocycles. The van der Waals surface area contributed by atoms with Gasteiger partial charge in [-0.15, -0.1) is 0 Å². The number of benzene rings is 3. The molecule has 0 fully saturated rings. The molecule has 2 N–H and O–H groups in total. The maximum absolute atomic E-state index is 13.0. The van der Waals surface area contributed by atoms with E-state index in [0.717, 1.165) is 16.0 Å². The highest BCUT2D eigenvalue weighted by Crippen LogP contribution is 2.32. The van der Waals surface area contributed by atoms with Crippen molar-refractivity contribution >= 4 is 69.6 Å². The van der Waals surface area contributed by atoms with Crippen molar-refractivity contribution in [3.05, 3.63) is 98.1 Å². The van der Waals surface area contributed by atoms with Gasteiger partial charge in [0.05, 0.1) is 15.7 Å². The van der Waals surface area contributed by atoms with Crippen LogP contribution < -0.4 is 15.5 Å². The first-order valence-electron chi connectivity index (χ1n) is 10.1. The minimum Gasteiger partial charge on any atom is -0.350 e. The third kappa shape index (κ3) is 4.66. The Kier molecular flexibility index (Phi) is 6.66. The molecule has 172 valence electrons. The van der Waals surface area contributed by atoms with Crippen LogP contribution in [0.2, 0.25) is 10.0 Å². The van der Waals surface area contributed by atoms with Gasteiger partial charge in [0.1, 0.15) is 10.7 Å². The smallest absolute Gasteiger partial charge is 0.283 e. The predicted molar refractivity (Wildman–Crippen MR) is 136 cm³/mol. The van der Waals surface area contributed by atoms with E-state index in [-0.39, 0.29) is 16.6 Å². The van der Waals surface area contributed by atoms with E-state index in [1.54, 1.807) is 48.5 Å². The number of imide groups is 1. The van der Waals surface area contributed by atoms with Crippen molar-refractivity contribution in [2.45, 2.75) is 13.8 Å². The molecular formula is C25H18Cl3N3O3. The lowest BCUT2D eigenvalue weighted by molar-refractivity contribution is -0.120. The number of carbonyl (C=O) groups is 3. The van der Waals surface area contributed by atoms with Gasteiger partial charge in [-0.25, -0.2) is 4.90 Å². The molecule has 0 atom stereocenters. The van der Waals surface area contributed by atoms with Crippen LogP contribution in [0, 0.1) is 13.8 Å². The summed E-state index contributed by atoms with van der Waals surface area (Å²) < 4.78 is 0. The predicted octanol–water partition coefficient (Wildman–Crippen LogP) is 6.30. The number of nitrogens with one attached hydrogen (secondary N) is 2. The van der Waals surface area contributed by atoms with E-state index in [1.807, 2.05) is 26.0 Å². The minimum atomic E-state index is -0.597. The van der Waals surface area contributed by atoms with E-state index in [2.05, 4.69) is 10.6 Å². The number of amides is 3. The standard InChI is InChI=1S/C25H18Cl3N3O3/c1-13-3-4-14(2)20(11-13)31-24(33)21(28)22(25(31)34)29-16-7-5-15(6-8-16)23(32)30-17-9-10-18(26)19(27)12-17/h3-12,29H,1-2H3,(H,30,32). The molecule has 4 rings (SSSR count). The highest BCUT2D eigenvalue weighted by molar-refractivity contribution is 6.53. The van der Waals surface area contributed by atoms with E-state index in [1.165, 1.54) is 0 Å². The molecule has 0 aromatic heterocycles. The first kappa shape index (κ1) is 23.8. The Bertz CT molecular complexity index is 1370. The van der Waals surface area contributed by atoms with Gasteiger partial charge < -0.3 is 10.6 Å². The lowest BCUT2D eigenvalue weighted by atomic mass is 10.1. The highest BCUT2D eigenvalue weighted by Gasteiger charge is 2.39. The second kappa shape index (κ2) is 9.50. The van der Waals surface area contributed by atoms with Gasteiger partial charge in [0, 0.05) is 16.9 Å². The van der Waals surface area contributed by atoms with Gasteiger partial charge in [0.15, 0.2) is 0 Å². The molecule has 0 saturated carbocycles. The third-order valence-electron chi connectivity index (χ3n) is 5.23. The number of carbonyl (C=O) groups excluding carboxylic acids is 3. The summed E-state index contributed by atoms with van der Waals surface area (Å²) in [6.07, 6.45) is 0. The zero-order valence-electron chi connectivity index (χ0n) is 18.1. The SMILES string of the molecule is Cc1ccc(C)c(N2C(=O)C(Cl)=C(Nc3ccc(C(=O)Nc4ccc(Cl)c(Cl)c4)cc3)C2=O)c1. The molecule has 0 spiro atoms. The molecule has 6 nitrogen and oxygen atoms in total.